The van der Waals surface area contributed by atoms with Gasteiger partial charge in [-0.2, -0.15) is 0 Å². The molecule has 0 aromatic carbocycles. The van der Waals surface area contributed by atoms with E-state index in [0.29, 0.717) is 13.2 Å². The topological polar surface area (TPSA) is 48.0 Å². The summed E-state index contributed by atoms with van der Waals surface area (Å²) < 4.78 is 15.1. The van der Waals surface area contributed by atoms with E-state index in [1.807, 2.05) is 13.8 Å². The van der Waals surface area contributed by atoms with E-state index in [1.54, 1.807) is 21.3 Å². The second-order valence-electron chi connectivity index (χ2n) is 3.61. The van der Waals surface area contributed by atoms with Crippen LogP contribution in [0.1, 0.15) is 13.8 Å². The molecule has 5 nitrogen and oxygen atoms in total. The molecule has 0 rings (SSSR count). The molecular weight excluding hydrogens is 198 g/mol. The Morgan fingerprint density at radius 2 is 1.67 bits per heavy atom. The van der Waals surface area contributed by atoms with Crippen LogP contribution in [0, 0.1) is 0 Å². The molecule has 0 radical (unpaired) electrons. The Hall–Kier alpha value is -0.810. The van der Waals surface area contributed by atoms with Crippen molar-refractivity contribution in [2.24, 2.45) is 0 Å². The van der Waals surface area contributed by atoms with Crippen LogP contribution >= 0.6 is 0 Å². The summed E-state index contributed by atoms with van der Waals surface area (Å²) in [4.78, 5) is 13.0. The predicted molar refractivity (Wildman–Crippen MR) is 56.9 cm³/mol. The molecule has 0 saturated heterocycles. The molecule has 0 N–H and O–H groups in total. The van der Waals surface area contributed by atoms with Gasteiger partial charge in [-0.1, -0.05) is 0 Å². The second kappa shape index (κ2) is 7.48. The smallest absolute Gasteiger partial charge is 0.410 e. The number of carbonyl (C=O) groups excluding carboxylic acids is 1. The average molecular weight is 219 g/mol. The largest absolute Gasteiger partial charge is 0.447 e. The Morgan fingerprint density at radius 1 is 1.20 bits per heavy atom. The summed E-state index contributed by atoms with van der Waals surface area (Å²) in [7, 11) is 4.85. The lowest BCUT2D eigenvalue weighted by atomic mass is 10.3. The first kappa shape index (κ1) is 14.2. The van der Waals surface area contributed by atoms with Crippen LogP contribution in [0.3, 0.4) is 0 Å². The number of carbonyl (C=O) groups is 1. The number of ether oxygens (including phenoxy) is 3. The van der Waals surface area contributed by atoms with Crippen LogP contribution < -0.4 is 0 Å². The average Bonchev–Trinajstić information content (AvgIpc) is 2.15. The van der Waals surface area contributed by atoms with Crippen molar-refractivity contribution in [2.45, 2.75) is 26.0 Å². The van der Waals surface area contributed by atoms with Gasteiger partial charge in [0.05, 0.1) is 25.4 Å². The zero-order chi connectivity index (χ0) is 11.8. The quantitative estimate of drug-likeness (QED) is 0.671. The van der Waals surface area contributed by atoms with Crippen molar-refractivity contribution in [3.63, 3.8) is 0 Å². The van der Waals surface area contributed by atoms with Gasteiger partial charge >= 0.3 is 6.09 Å². The third kappa shape index (κ3) is 5.59. The van der Waals surface area contributed by atoms with Crippen LogP contribution in [0.15, 0.2) is 0 Å². The maximum Gasteiger partial charge on any atom is 0.410 e. The van der Waals surface area contributed by atoms with Crippen LogP contribution in [-0.4, -0.2) is 57.6 Å². The molecule has 0 aromatic rings. The van der Waals surface area contributed by atoms with Crippen LogP contribution in [0.2, 0.25) is 0 Å². The first-order chi connectivity index (χ1) is 7.02. The van der Waals surface area contributed by atoms with Gasteiger partial charge in [0.15, 0.2) is 0 Å². The fraction of sp³-hybridized carbons (Fsp3) is 0.900. The van der Waals surface area contributed by atoms with Crippen molar-refractivity contribution in [1.29, 1.82) is 0 Å². The molecule has 0 bridgehead atoms. The Labute approximate surface area is 91.3 Å². The van der Waals surface area contributed by atoms with Gasteiger partial charge in [0, 0.05) is 21.3 Å². The zero-order valence-electron chi connectivity index (χ0n) is 10.1. The van der Waals surface area contributed by atoms with Crippen molar-refractivity contribution < 1.29 is 19.0 Å². The standard InChI is InChI=1S/C10H21NO4/c1-8(2)15-10(12)11(3)9(6-13-4)7-14-5/h8-9H,6-7H2,1-5H3. The molecule has 0 aliphatic rings. The van der Waals surface area contributed by atoms with Gasteiger partial charge in [-0.25, -0.2) is 4.79 Å². The summed E-state index contributed by atoms with van der Waals surface area (Å²) in [6.07, 6.45) is -0.477. The van der Waals surface area contributed by atoms with Gasteiger partial charge in [0.25, 0.3) is 0 Å². The van der Waals surface area contributed by atoms with E-state index >= 15 is 0 Å². The van der Waals surface area contributed by atoms with Gasteiger partial charge in [-0.05, 0) is 13.8 Å². The van der Waals surface area contributed by atoms with Crippen molar-refractivity contribution in [2.75, 3.05) is 34.5 Å². The van der Waals surface area contributed by atoms with E-state index in [-0.39, 0.29) is 18.2 Å². The Morgan fingerprint density at radius 3 is 2.00 bits per heavy atom. The van der Waals surface area contributed by atoms with Crippen molar-refractivity contribution >= 4 is 6.09 Å². The van der Waals surface area contributed by atoms with Crippen LogP contribution in [0.5, 0.6) is 0 Å². The zero-order valence-corrected chi connectivity index (χ0v) is 10.1. The molecule has 0 unspecified atom stereocenters. The van der Waals surface area contributed by atoms with E-state index < -0.39 is 0 Å². The number of nitrogens with zero attached hydrogens (tertiary/aromatic N) is 1. The molecule has 1 amide bonds. The van der Waals surface area contributed by atoms with Crippen molar-refractivity contribution in [1.82, 2.24) is 4.90 Å². The minimum absolute atomic E-state index is 0.119. The summed E-state index contributed by atoms with van der Waals surface area (Å²) in [5.41, 5.74) is 0. The minimum Gasteiger partial charge on any atom is -0.447 e. The number of hydrogen-bond acceptors (Lipinski definition) is 4. The molecule has 0 saturated carbocycles. The van der Waals surface area contributed by atoms with E-state index in [9.17, 15) is 4.79 Å². The van der Waals surface area contributed by atoms with Gasteiger partial charge in [0.2, 0.25) is 0 Å². The van der Waals surface area contributed by atoms with Gasteiger partial charge in [-0.3, -0.25) is 0 Å². The van der Waals surface area contributed by atoms with Crippen LogP contribution in [-0.2, 0) is 14.2 Å². The van der Waals surface area contributed by atoms with Gasteiger partial charge < -0.3 is 19.1 Å². The molecule has 5 heteroatoms. The number of rotatable bonds is 6. The fourth-order valence-corrected chi connectivity index (χ4v) is 1.09. The van der Waals surface area contributed by atoms with Crippen LogP contribution in [0.4, 0.5) is 4.79 Å². The highest BCUT2D eigenvalue weighted by molar-refractivity contribution is 5.67. The molecule has 0 aromatic heterocycles. The van der Waals surface area contributed by atoms with Crippen LogP contribution in [0.25, 0.3) is 0 Å². The molecule has 90 valence electrons. The van der Waals surface area contributed by atoms with Crippen molar-refractivity contribution in [3.05, 3.63) is 0 Å². The highest BCUT2D eigenvalue weighted by Crippen LogP contribution is 2.03. The Kier molecular flexibility index (Phi) is 7.07. The number of amides is 1. The monoisotopic (exact) mass is 219 g/mol. The molecule has 15 heavy (non-hydrogen) atoms. The molecule has 0 fully saturated rings. The van der Waals surface area contributed by atoms with E-state index in [4.69, 9.17) is 14.2 Å². The molecule has 0 aliphatic carbocycles. The molecule has 0 aliphatic heterocycles. The summed E-state index contributed by atoms with van der Waals surface area (Å²) in [6, 6.07) is -0.119. The number of hydrogen-bond donors (Lipinski definition) is 0. The normalized spacial score (nSPS) is 10.9. The predicted octanol–water partition coefficient (Wildman–Crippen LogP) is 1.12. The fourth-order valence-electron chi connectivity index (χ4n) is 1.09. The first-order valence-electron chi connectivity index (χ1n) is 4.94. The SMILES string of the molecule is COCC(COC)N(C)C(=O)OC(C)C. The first-order valence-corrected chi connectivity index (χ1v) is 4.94. The number of likely N-dealkylation sites (N-methyl/N-ethyl adjacent to an activating group) is 1. The van der Waals surface area contributed by atoms with E-state index in [1.165, 1.54) is 4.90 Å². The summed E-state index contributed by atoms with van der Waals surface area (Å²) in [5, 5.41) is 0. The lowest BCUT2D eigenvalue weighted by Crippen LogP contribution is -2.43. The molecule has 0 spiro atoms. The highest BCUT2D eigenvalue weighted by atomic mass is 16.6. The number of methoxy groups -OCH3 is 2. The maximum absolute atomic E-state index is 11.5. The van der Waals surface area contributed by atoms with Gasteiger partial charge in [-0.15, -0.1) is 0 Å². The lowest BCUT2D eigenvalue weighted by molar-refractivity contribution is 0.0262. The summed E-state index contributed by atoms with van der Waals surface area (Å²) in [6.45, 7) is 4.48. The highest BCUT2D eigenvalue weighted by Gasteiger charge is 2.21. The van der Waals surface area contributed by atoms with E-state index in [0.717, 1.165) is 0 Å². The summed E-state index contributed by atoms with van der Waals surface area (Å²) >= 11 is 0. The molecule has 0 atom stereocenters. The van der Waals surface area contributed by atoms with Gasteiger partial charge in [0.1, 0.15) is 0 Å². The molecule has 0 heterocycles. The van der Waals surface area contributed by atoms with Crippen molar-refractivity contribution in [3.8, 4) is 0 Å². The Balaban J connectivity index is 4.20. The molecular formula is C10H21NO4. The third-order valence-electron chi connectivity index (χ3n) is 1.89. The maximum atomic E-state index is 11.5. The lowest BCUT2D eigenvalue weighted by Gasteiger charge is -2.27. The third-order valence-corrected chi connectivity index (χ3v) is 1.89. The second-order valence-corrected chi connectivity index (χ2v) is 3.61. The summed E-state index contributed by atoms with van der Waals surface area (Å²) in [5.74, 6) is 0. The minimum atomic E-state index is -0.357. The Bertz CT molecular complexity index is 178. The van der Waals surface area contributed by atoms with E-state index in [2.05, 4.69) is 0 Å².